The lowest BCUT2D eigenvalue weighted by Gasteiger charge is -2.15. The Kier molecular flexibility index (Phi) is 7.24. The van der Waals surface area contributed by atoms with Crippen molar-refractivity contribution in [3.63, 3.8) is 0 Å². The third-order valence-corrected chi connectivity index (χ3v) is 8.05. The molecule has 0 amide bonds. The number of hydrogen-bond acceptors (Lipinski definition) is 2. The zero-order chi connectivity index (χ0) is 29.0. The lowest BCUT2D eigenvalue weighted by Crippen LogP contribution is -2.07. The average molecular weight is 555 g/mol. The largest absolute Gasteiger partial charge is 0.261 e. The molecule has 5 aromatic rings. The number of aliphatic imine (C=N–C) groups is 4. The molecule has 5 aromatic carbocycles. The number of hydrogen-bond donors (Lipinski definition) is 0. The van der Waals surface area contributed by atoms with Gasteiger partial charge in [0, 0.05) is 17.3 Å². The van der Waals surface area contributed by atoms with Crippen molar-refractivity contribution in [2.24, 2.45) is 20.0 Å². The lowest BCUT2D eigenvalue weighted by atomic mass is 9.90. The van der Waals surface area contributed by atoms with E-state index in [4.69, 9.17) is 9.98 Å². The van der Waals surface area contributed by atoms with Gasteiger partial charge in [-0.1, -0.05) is 115 Å². The van der Waals surface area contributed by atoms with Crippen LogP contribution in [-0.2, 0) is 19.4 Å². The summed E-state index contributed by atoms with van der Waals surface area (Å²) in [5, 5.41) is 0. The van der Waals surface area contributed by atoms with Gasteiger partial charge in [-0.25, -0.2) is 9.98 Å². The molecule has 0 fully saturated rings. The third-order valence-electron chi connectivity index (χ3n) is 8.05. The second kappa shape index (κ2) is 11.8. The van der Waals surface area contributed by atoms with Crippen LogP contribution in [0.2, 0.25) is 0 Å². The summed E-state index contributed by atoms with van der Waals surface area (Å²) in [6.07, 6.45) is 7.78. The van der Waals surface area contributed by atoms with E-state index in [1.165, 1.54) is 38.9 Å². The lowest BCUT2D eigenvalue weighted by molar-refractivity contribution is 1.06. The molecule has 0 atom stereocenters. The SMILES string of the molecule is C=NC(=NC(=NCc1ccccc1)c1ccccc1)c1cccc2c1-c1cccc(-c3cccc4c3CC=CC=N4)c1C2. The number of allylic oxidation sites excluding steroid dienone is 2. The van der Waals surface area contributed by atoms with Crippen molar-refractivity contribution in [2.75, 3.05) is 0 Å². The highest BCUT2D eigenvalue weighted by molar-refractivity contribution is 6.16. The van der Waals surface area contributed by atoms with Gasteiger partial charge >= 0.3 is 0 Å². The molecule has 4 heteroatoms. The normalized spacial score (nSPS) is 13.7. The van der Waals surface area contributed by atoms with Crippen LogP contribution in [-0.4, -0.2) is 24.6 Å². The maximum atomic E-state index is 5.06. The molecule has 43 heavy (non-hydrogen) atoms. The topological polar surface area (TPSA) is 49.4 Å². The molecule has 0 spiro atoms. The minimum absolute atomic E-state index is 0.527. The fourth-order valence-electron chi connectivity index (χ4n) is 6.05. The molecule has 206 valence electrons. The highest BCUT2D eigenvalue weighted by atomic mass is 15.0. The predicted octanol–water partition coefficient (Wildman–Crippen LogP) is 8.83. The van der Waals surface area contributed by atoms with Crippen molar-refractivity contribution >= 4 is 30.3 Å². The molecule has 0 aromatic heterocycles. The average Bonchev–Trinajstić information content (AvgIpc) is 3.28. The van der Waals surface area contributed by atoms with Gasteiger partial charge in [-0.2, -0.15) is 0 Å². The van der Waals surface area contributed by atoms with Crippen LogP contribution in [0.4, 0.5) is 5.69 Å². The molecule has 7 rings (SSSR count). The Morgan fingerprint density at radius 1 is 0.698 bits per heavy atom. The molecule has 2 aliphatic rings. The third kappa shape index (κ3) is 5.20. The minimum Gasteiger partial charge on any atom is -0.261 e. The Morgan fingerprint density at radius 2 is 1.42 bits per heavy atom. The van der Waals surface area contributed by atoms with Crippen molar-refractivity contribution in [3.05, 3.63) is 161 Å². The number of amidine groups is 2. The first-order chi connectivity index (χ1) is 21.3. The molecule has 1 aliphatic heterocycles. The van der Waals surface area contributed by atoms with E-state index in [9.17, 15) is 0 Å². The quantitative estimate of drug-likeness (QED) is 0.151. The molecule has 0 saturated heterocycles. The Labute approximate surface area is 252 Å². The van der Waals surface area contributed by atoms with Crippen LogP contribution in [0.25, 0.3) is 22.3 Å². The Morgan fingerprint density at radius 3 is 2.23 bits per heavy atom. The van der Waals surface area contributed by atoms with Crippen LogP contribution >= 0.6 is 0 Å². The second-order valence-corrected chi connectivity index (χ2v) is 10.6. The van der Waals surface area contributed by atoms with Crippen molar-refractivity contribution in [1.82, 2.24) is 0 Å². The summed E-state index contributed by atoms with van der Waals surface area (Å²) >= 11 is 0. The van der Waals surface area contributed by atoms with E-state index in [1.54, 1.807) is 0 Å². The molecular weight excluding hydrogens is 524 g/mol. The van der Waals surface area contributed by atoms with E-state index in [2.05, 4.69) is 89.5 Å². The van der Waals surface area contributed by atoms with Crippen LogP contribution in [0.3, 0.4) is 0 Å². The first kappa shape index (κ1) is 26.4. The summed E-state index contributed by atoms with van der Waals surface area (Å²) in [6.45, 7) is 4.48. The number of fused-ring (bicyclic) bond motifs is 4. The molecule has 4 nitrogen and oxygen atoms in total. The molecule has 0 bridgehead atoms. The number of benzene rings is 5. The van der Waals surface area contributed by atoms with Crippen LogP contribution in [0.15, 0.2) is 147 Å². The summed E-state index contributed by atoms with van der Waals surface area (Å²) in [5.41, 5.74) is 12.8. The maximum absolute atomic E-state index is 5.06. The van der Waals surface area contributed by atoms with Gasteiger partial charge in [-0.15, -0.1) is 0 Å². The Hall–Kier alpha value is -5.48. The van der Waals surface area contributed by atoms with E-state index >= 15 is 0 Å². The molecular formula is C39H30N4. The van der Waals surface area contributed by atoms with Gasteiger partial charge in [0.25, 0.3) is 0 Å². The van der Waals surface area contributed by atoms with E-state index in [0.717, 1.165) is 35.2 Å². The van der Waals surface area contributed by atoms with Crippen molar-refractivity contribution in [2.45, 2.75) is 19.4 Å². The van der Waals surface area contributed by atoms with Gasteiger partial charge in [0.15, 0.2) is 11.7 Å². The van der Waals surface area contributed by atoms with Crippen LogP contribution in [0.5, 0.6) is 0 Å². The Balaban J connectivity index is 1.34. The summed E-state index contributed by atoms with van der Waals surface area (Å²) in [7, 11) is 0. The van der Waals surface area contributed by atoms with Gasteiger partial charge < -0.3 is 0 Å². The van der Waals surface area contributed by atoms with Crippen molar-refractivity contribution in [1.29, 1.82) is 0 Å². The molecule has 0 saturated carbocycles. The monoisotopic (exact) mass is 554 g/mol. The first-order valence-corrected chi connectivity index (χ1v) is 14.6. The minimum atomic E-state index is 0.527. The van der Waals surface area contributed by atoms with Gasteiger partial charge in [0.1, 0.15) is 0 Å². The van der Waals surface area contributed by atoms with Crippen LogP contribution < -0.4 is 0 Å². The summed E-state index contributed by atoms with van der Waals surface area (Å²) < 4.78 is 0. The summed E-state index contributed by atoms with van der Waals surface area (Å²) in [5.74, 6) is 1.20. The first-order valence-electron chi connectivity index (χ1n) is 14.6. The van der Waals surface area contributed by atoms with Gasteiger partial charge in [0.05, 0.1) is 12.2 Å². The standard InChI is InChI=1S/C39H30N4/c1-40-39(43-38(28-15-6-3-7-16-28)42-26-27-13-4-2-5-14-27)34-22-10-17-29-25-35-31(19-11-21-33(35)37(29)34)30-20-12-23-36-32(30)18-8-9-24-41-36/h2-17,19-24H,1,18,25-26H2. The predicted molar refractivity (Wildman–Crippen MR) is 180 cm³/mol. The van der Waals surface area contributed by atoms with Crippen molar-refractivity contribution < 1.29 is 0 Å². The number of rotatable bonds is 5. The molecule has 1 heterocycles. The molecule has 1 aliphatic carbocycles. The second-order valence-electron chi connectivity index (χ2n) is 10.6. The highest BCUT2D eigenvalue weighted by Gasteiger charge is 2.26. The molecule has 0 radical (unpaired) electrons. The maximum Gasteiger partial charge on any atom is 0.161 e. The van der Waals surface area contributed by atoms with E-state index in [-0.39, 0.29) is 0 Å². The zero-order valence-corrected chi connectivity index (χ0v) is 23.8. The van der Waals surface area contributed by atoms with Crippen molar-refractivity contribution in [3.8, 4) is 22.3 Å². The van der Waals surface area contributed by atoms with Crippen LogP contribution in [0, 0.1) is 0 Å². The van der Waals surface area contributed by atoms with E-state index in [0.29, 0.717) is 18.2 Å². The highest BCUT2D eigenvalue weighted by Crippen LogP contribution is 2.45. The zero-order valence-electron chi connectivity index (χ0n) is 23.8. The van der Waals surface area contributed by atoms with Gasteiger partial charge in [0.2, 0.25) is 0 Å². The fraction of sp³-hybridized carbons (Fsp3) is 0.0769. The molecule has 0 unspecified atom stereocenters. The summed E-state index contributed by atoms with van der Waals surface area (Å²) in [4.78, 5) is 19.2. The van der Waals surface area contributed by atoms with E-state index < -0.39 is 0 Å². The van der Waals surface area contributed by atoms with Crippen LogP contribution in [0.1, 0.15) is 33.4 Å². The summed E-state index contributed by atoms with van der Waals surface area (Å²) in [6, 6.07) is 39.8. The number of nitrogens with zero attached hydrogens (tertiary/aromatic N) is 4. The van der Waals surface area contributed by atoms with Gasteiger partial charge in [-0.3, -0.25) is 9.98 Å². The van der Waals surface area contributed by atoms with E-state index in [1.807, 2.05) is 60.8 Å². The smallest absolute Gasteiger partial charge is 0.161 e. The molecule has 0 N–H and O–H groups in total. The van der Waals surface area contributed by atoms with Gasteiger partial charge in [-0.05, 0) is 76.2 Å². The fourth-order valence-corrected chi connectivity index (χ4v) is 6.05. The Bertz CT molecular complexity index is 1950.